The van der Waals surface area contributed by atoms with Gasteiger partial charge < -0.3 is 15.7 Å². The summed E-state index contributed by atoms with van der Waals surface area (Å²) in [5.41, 5.74) is 0.822. The van der Waals surface area contributed by atoms with Gasteiger partial charge in [0.25, 0.3) is 0 Å². The van der Waals surface area contributed by atoms with Gasteiger partial charge in [0.2, 0.25) is 5.91 Å². The second-order valence-electron chi connectivity index (χ2n) is 3.35. The van der Waals surface area contributed by atoms with E-state index in [-0.39, 0.29) is 11.9 Å². The molecule has 2 rings (SSSR count). The Morgan fingerprint density at radius 1 is 1.71 bits per heavy atom. The summed E-state index contributed by atoms with van der Waals surface area (Å²) in [4.78, 5) is 11.6. The van der Waals surface area contributed by atoms with Gasteiger partial charge in [0.1, 0.15) is 0 Å². The number of carbonyl (C=O) groups is 1. The van der Waals surface area contributed by atoms with Crippen molar-refractivity contribution >= 4 is 22.9 Å². The molecule has 1 aliphatic rings. The standard InChI is InChI=1S/C9H12N2O2S/c12-7-3-8(10-4-7)9(13)11-6-1-2-14-5-6/h1-2,5,7-8,10,12H,3-4H2,(H,11,13)/t7-,8-/m1/s1. The van der Waals surface area contributed by atoms with E-state index in [0.717, 1.165) is 5.69 Å². The minimum atomic E-state index is -0.395. The maximum atomic E-state index is 11.6. The van der Waals surface area contributed by atoms with Crippen molar-refractivity contribution in [3.63, 3.8) is 0 Å². The molecular weight excluding hydrogens is 200 g/mol. The van der Waals surface area contributed by atoms with Crippen LogP contribution >= 0.6 is 11.3 Å². The van der Waals surface area contributed by atoms with Crippen LogP contribution in [0, 0.1) is 0 Å². The van der Waals surface area contributed by atoms with Gasteiger partial charge in [-0.3, -0.25) is 4.79 Å². The third kappa shape index (κ3) is 2.12. The van der Waals surface area contributed by atoms with Crippen LogP contribution in [0.4, 0.5) is 5.69 Å². The average molecular weight is 212 g/mol. The van der Waals surface area contributed by atoms with Gasteiger partial charge in [-0.1, -0.05) is 0 Å². The molecule has 0 bridgehead atoms. The molecule has 1 saturated heterocycles. The van der Waals surface area contributed by atoms with Crippen molar-refractivity contribution in [2.75, 3.05) is 11.9 Å². The summed E-state index contributed by atoms with van der Waals surface area (Å²) in [5, 5.41) is 18.8. The van der Waals surface area contributed by atoms with E-state index < -0.39 is 6.10 Å². The molecule has 0 radical (unpaired) electrons. The lowest BCUT2D eigenvalue weighted by Gasteiger charge is -2.09. The highest BCUT2D eigenvalue weighted by Crippen LogP contribution is 2.14. The normalized spacial score (nSPS) is 26.4. The summed E-state index contributed by atoms with van der Waals surface area (Å²) in [6.07, 6.45) is 0.101. The monoisotopic (exact) mass is 212 g/mol. The number of nitrogens with one attached hydrogen (secondary N) is 2. The predicted molar refractivity (Wildman–Crippen MR) is 55.4 cm³/mol. The number of anilines is 1. The first kappa shape index (κ1) is 9.64. The quantitative estimate of drug-likeness (QED) is 0.665. The molecule has 1 fully saturated rings. The lowest BCUT2D eigenvalue weighted by molar-refractivity contribution is -0.117. The number of hydrogen-bond acceptors (Lipinski definition) is 4. The Bertz CT molecular complexity index is 313. The van der Waals surface area contributed by atoms with Gasteiger partial charge in [-0.2, -0.15) is 11.3 Å². The van der Waals surface area contributed by atoms with E-state index in [1.165, 1.54) is 0 Å². The van der Waals surface area contributed by atoms with Crippen molar-refractivity contribution in [1.29, 1.82) is 0 Å². The third-order valence-electron chi connectivity index (χ3n) is 2.21. The molecule has 1 aromatic heterocycles. The van der Waals surface area contributed by atoms with Crippen LogP contribution in [0.15, 0.2) is 16.8 Å². The molecule has 3 N–H and O–H groups in total. The zero-order chi connectivity index (χ0) is 9.97. The molecule has 5 heteroatoms. The smallest absolute Gasteiger partial charge is 0.241 e. The van der Waals surface area contributed by atoms with Crippen LogP contribution in [-0.4, -0.2) is 29.7 Å². The number of thiophene rings is 1. The Kier molecular flexibility index (Phi) is 2.81. The number of carbonyl (C=O) groups excluding carboxylic acids is 1. The molecule has 4 nitrogen and oxygen atoms in total. The third-order valence-corrected chi connectivity index (χ3v) is 2.90. The summed E-state index contributed by atoms with van der Waals surface area (Å²) < 4.78 is 0. The van der Waals surface area contributed by atoms with E-state index in [1.54, 1.807) is 11.3 Å². The lowest BCUT2D eigenvalue weighted by Crippen LogP contribution is -2.35. The van der Waals surface area contributed by atoms with E-state index >= 15 is 0 Å². The van der Waals surface area contributed by atoms with Crippen LogP contribution in [0.5, 0.6) is 0 Å². The van der Waals surface area contributed by atoms with E-state index in [0.29, 0.717) is 13.0 Å². The first-order valence-electron chi connectivity index (χ1n) is 4.50. The van der Waals surface area contributed by atoms with Crippen molar-refractivity contribution in [2.24, 2.45) is 0 Å². The molecule has 0 saturated carbocycles. The predicted octanol–water partition coefficient (Wildman–Crippen LogP) is 0.409. The van der Waals surface area contributed by atoms with Gasteiger partial charge in [0.15, 0.2) is 0 Å². The fourth-order valence-electron chi connectivity index (χ4n) is 1.48. The summed E-state index contributed by atoms with van der Waals surface area (Å²) in [6.45, 7) is 0.502. The molecule has 0 aromatic carbocycles. The van der Waals surface area contributed by atoms with Crippen LogP contribution < -0.4 is 10.6 Å². The van der Waals surface area contributed by atoms with Crippen molar-refractivity contribution < 1.29 is 9.90 Å². The van der Waals surface area contributed by atoms with Crippen molar-refractivity contribution in [3.05, 3.63) is 16.8 Å². The minimum absolute atomic E-state index is 0.0695. The maximum Gasteiger partial charge on any atom is 0.241 e. The van der Waals surface area contributed by atoms with Crippen LogP contribution in [-0.2, 0) is 4.79 Å². The number of aliphatic hydroxyl groups excluding tert-OH is 1. The first-order valence-corrected chi connectivity index (χ1v) is 5.44. The zero-order valence-corrected chi connectivity index (χ0v) is 8.38. The molecule has 1 aliphatic heterocycles. The highest BCUT2D eigenvalue weighted by atomic mass is 32.1. The maximum absolute atomic E-state index is 11.6. The minimum Gasteiger partial charge on any atom is -0.392 e. The van der Waals surface area contributed by atoms with E-state index in [1.807, 2.05) is 16.8 Å². The molecule has 14 heavy (non-hydrogen) atoms. The molecule has 0 aliphatic carbocycles. The molecule has 2 heterocycles. The van der Waals surface area contributed by atoms with Crippen molar-refractivity contribution in [2.45, 2.75) is 18.6 Å². The summed E-state index contributed by atoms with van der Waals surface area (Å²) in [7, 11) is 0. The number of β-amino-alcohol motifs (C(OH)–C–C–N with tert-alkyl or cyclic N) is 1. The average Bonchev–Trinajstić information content (AvgIpc) is 2.75. The Labute approximate surface area is 85.9 Å². The molecule has 0 spiro atoms. The summed E-state index contributed by atoms with van der Waals surface area (Å²) >= 11 is 1.54. The van der Waals surface area contributed by atoms with Crippen LogP contribution in [0.3, 0.4) is 0 Å². The number of amides is 1. The summed E-state index contributed by atoms with van der Waals surface area (Å²) in [6, 6.07) is 1.60. The fraction of sp³-hybridized carbons (Fsp3) is 0.444. The number of rotatable bonds is 2. The highest BCUT2D eigenvalue weighted by Gasteiger charge is 2.27. The van der Waals surface area contributed by atoms with E-state index in [2.05, 4.69) is 10.6 Å². The van der Waals surface area contributed by atoms with E-state index in [9.17, 15) is 9.90 Å². The van der Waals surface area contributed by atoms with Gasteiger partial charge in [-0.15, -0.1) is 0 Å². The molecular formula is C9H12N2O2S. The second kappa shape index (κ2) is 4.08. The fourth-order valence-corrected chi connectivity index (χ4v) is 2.07. The molecule has 1 aromatic rings. The van der Waals surface area contributed by atoms with Gasteiger partial charge in [-0.25, -0.2) is 0 Å². The SMILES string of the molecule is O=C(Nc1ccsc1)[C@H]1C[C@@H](O)CN1. The molecule has 0 unspecified atom stereocenters. The number of aliphatic hydroxyl groups is 1. The molecule has 2 atom stereocenters. The van der Waals surface area contributed by atoms with Gasteiger partial charge >= 0.3 is 0 Å². The van der Waals surface area contributed by atoms with Gasteiger partial charge in [0, 0.05) is 11.9 Å². The largest absolute Gasteiger partial charge is 0.392 e. The number of hydrogen-bond donors (Lipinski definition) is 3. The molecule has 76 valence electrons. The Balaban J connectivity index is 1.90. The Morgan fingerprint density at radius 2 is 2.57 bits per heavy atom. The first-order chi connectivity index (χ1) is 6.75. The zero-order valence-electron chi connectivity index (χ0n) is 7.56. The summed E-state index contributed by atoms with van der Waals surface area (Å²) in [5.74, 6) is -0.0695. The molecule has 1 amide bonds. The highest BCUT2D eigenvalue weighted by molar-refractivity contribution is 7.08. The lowest BCUT2D eigenvalue weighted by atomic mass is 10.2. The van der Waals surface area contributed by atoms with Gasteiger partial charge in [-0.05, 0) is 17.9 Å². The Hall–Kier alpha value is -0.910. The van der Waals surface area contributed by atoms with Crippen molar-refractivity contribution in [3.8, 4) is 0 Å². The van der Waals surface area contributed by atoms with Crippen LogP contribution in [0.25, 0.3) is 0 Å². The van der Waals surface area contributed by atoms with E-state index in [4.69, 9.17) is 0 Å². The van der Waals surface area contributed by atoms with Crippen LogP contribution in [0.2, 0.25) is 0 Å². The second-order valence-corrected chi connectivity index (χ2v) is 4.13. The topological polar surface area (TPSA) is 61.4 Å². The van der Waals surface area contributed by atoms with Crippen LogP contribution in [0.1, 0.15) is 6.42 Å². The van der Waals surface area contributed by atoms with Gasteiger partial charge in [0.05, 0.1) is 17.8 Å². The van der Waals surface area contributed by atoms with Crippen molar-refractivity contribution in [1.82, 2.24) is 5.32 Å². The Morgan fingerprint density at radius 3 is 3.14 bits per heavy atom.